The number of nitrogen functional groups attached to an aromatic ring is 1. The Kier molecular flexibility index (Phi) is 4.17. The smallest absolute Gasteiger partial charge is 0.128 e. The van der Waals surface area contributed by atoms with Gasteiger partial charge < -0.3 is 16.0 Å². The average molecular weight is 266 g/mol. The van der Waals surface area contributed by atoms with Gasteiger partial charge in [0.05, 0.1) is 11.1 Å². The lowest BCUT2D eigenvalue weighted by Gasteiger charge is -2.18. The molecule has 6 heteroatoms. The standard InChI is InChI=1S/C12H16ClN5/c1-2-3-15-10(12-16-4-5-17-12)9-6-8(13)7-18-11(9)14/h4-7,10,15H,2-3H2,1H3,(H2,14,18)(H,16,17). The largest absolute Gasteiger partial charge is 0.383 e. The molecule has 18 heavy (non-hydrogen) atoms. The fourth-order valence-electron chi connectivity index (χ4n) is 1.77. The third-order valence-corrected chi connectivity index (χ3v) is 2.83. The SMILES string of the molecule is CCCNC(c1ncc[nH]1)c1cc(Cl)cnc1N. The van der Waals surface area contributed by atoms with E-state index in [0.717, 1.165) is 24.4 Å². The van der Waals surface area contributed by atoms with Gasteiger partial charge in [0.2, 0.25) is 0 Å². The number of nitrogens with zero attached hydrogens (tertiary/aromatic N) is 2. The van der Waals surface area contributed by atoms with Crippen LogP contribution in [0.3, 0.4) is 0 Å². The molecular formula is C12H16ClN5. The summed E-state index contributed by atoms with van der Waals surface area (Å²) in [5.41, 5.74) is 6.76. The van der Waals surface area contributed by atoms with E-state index in [9.17, 15) is 0 Å². The van der Waals surface area contributed by atoms with E-state index < -0.39 is 0 Å². The van der Waals surface area contributed by atoms with Crippen LogP contribution in [0.25, 0.3) is 0 Å². The van der Waals surface area contributed by atoms with Gasteiger partial charge in [-0.15, -0.1) is 0 Å². The average Bonchev–Trinajstić information content (AvgIpc) is 2.88. The van der Waals surface area contributed by atoms with Crippen LogP contribution in [0.5, 0.6) is 0 Å². The molecule has 0 aliphatic rings. The molecular weight excluding hydrogens is 250 g/mol. The normalized spacial score (nSPS) is 12.6. The van der Waals surface area contributed by atoms with Gasteiger partial charge in [-0.1, -0.05) is 18.5 Å². The quantitative estimate of drug-likeness (QED) is 0.774. The fourth-order valence-corrected chi connectivity index (χ4v) is 1.94. The summed E-state index contributed by atoms with van der Waals surface area (Å²) < 4.78 is 0. The van der Waals surface area contributed by atoms with Crippen LogP contribution in [0.1, 0.15) is 30.8 Å². The second-order valence-corrected chi connectivity index (χ2v) is 4.43. The van der Waals surface area contributed by atoms with Crippen LogP contribution in [0.4, 0.5) is 5.82 Å². The minimum Gasteiger partial charge on any atom is -0.383 e. The van der Waals surface area contributed by atoms with Crippen molar-refractivity contribution >= 4 is 17.4 Å². The van der Waals surface area contributed by atoms with Crippen molar-refractivity contribution in [3.8, 4) is 0 Å². The van der Waals surface area contributed by atoms with Gasteiger partial charge in [-0.2, -0.15) is 0 Å². The van der Waals surface area contributed by atoms with Crippen LogP contribution in [0.2, 0.25) is 5.02 Å². The Hall–Kier alpha value is -1.59. The molecule has 1 atom stereocenters. The highest BCUT2D eigenvalue weighted by molar-refractivity contribution is 6.30. The number of imidazole rings is 1. The third-order valence-electron chi connectivity index (χ3n) is 2.62. The second kappa shape index (κ2) is 5.84. The molecule has 2 aromatic rings. The summed E-state index contributed by atoms with van der Waals surface area (Å²) in [5.74, 6) is 1.27. The van der Waals surface area contributed by atoms with Gasteiger partial charge >= 0.3 is 0 Å². The molecule has 0 aliphatic carbocycles. The topological polar surface area (TPSA) is 79.6 Å². The molecule has 5 nitrogen and oxygen atoms in total. The number of hydrogen-bond acceptors (Lipinski definition) is 4. The van der Waals surface area contributed by atoms with E-state index in [1.807, 2.05) is 6.07 Å². The summed E-state index contributed by atoms with van der Waals surface area (Å²) in [6, 6.07) is 1.70. The number of halogens is 1. The zero-order chi connectivity index (χ0) is 13.0. The van der Waals surface area contributed by atoms with Gasteiger partial charge in [0.15, 0.2) is 0 Å². The molecule has 2 rings (SSSR count). The Morgan fingerprint density at radius 2 is 2.33 bits per heavy atom. The number of H-pyrrole nitrogens is 1. The van der Waals surface area contributed by atoms with E-state index in [-0.39, 0.29) is 6.04 Å². The number of nitrogens with one attached hydrogen (secondary N) is 2. The molecule has 1 unspecified atom stereocenters. The van der Waals surface area contributed by atoms with Crippen LogP contribution >= 0.6 is 11.6 Å². The first-order valence-electron chi connectivity index (χ1n) is 5.86. The highest BCUT2D eigenvalue weighted by Crippen LogP contribution is 2.25. The lowest BCUT2D eigenvalue weighted by molar-refractivity contribution is 0.577. The number of aromatic nitrogens is 3. The molecule has 0 radical (unpaired) electrons. The number of aromatic amines is 1. The lowest BCUT2D eigenvalue weighted by atomic mass is 10.1. The minimum absolute atomic E-state index is 0.119. The number of nitrogens with two attached hydrogens (primary N) is 1. The maximum atomic E-state index is 5.98. The Morgan fingerprint density at radius 1 is 1.50 bits per heavy atom. The highest BCUT2D eigenvalue weighted by Gasteiger charge is 2.19. The Labute approximate surface area is 111 Å². The summed E-state index contributed by atoms with van der Waals surface area (Å²) in [4.78, 5) is 11.4. The lowest BCUT2D eigenvalue weighted by Crippen LogP contribution is -2.25. The molecule has 0 aliphatic heterocycles. The fraction of sp³-hybridized carbons (Fsp3) is 0.333. The van der Waals surface area contributed by atoms with Crippen molar-refractivity contribution in [2.45, 2.75) is 19.4 Å². The molecule has 0 saturated carbocycles. The van der Waals surface area contributed by atoms with E-state index in [1.54, 1.807) is 18.6 Å². The number of hydrogen-bond donors (Lipinski definition) is 3. The zero-order valence-electron chi connectivity index (χ0n) is 10.2. The maximum absolute atomic E-state index is 5.98. The number of pyridine rings is 1. The van der Waals surface area contributed by atoms with Crippen molar-refractivity contribution in [2.24, 2.45) is 0 Å². The summed E-state index contributed by atoms with van der Waals surface area (Å²) in [6.07, 6.45) is 6.05. The molecule has 0 fully saturated rings. The number of rotatable bonds is 5. The monoisotopic (exact) mass is 265 g/mol. The van der Waals surface area contributed by atoms with Crippen molar-refractivity contribution in [1.82, 2.24) is 20.3 Å². The molecule has 96 valence electrons. The van der Waals surface area contributed by atoms with Crippen molar-refractivity contribution in [2.75, 3.05) is 12.3 Å². The van der Waals surface area contributed by atoms with E-state index in [0.29, 0.717) is 10.8 Å². The van der Waals surface area contributed by atoms with Crippen LogP contribution in [0.15, 0.2) is 24.7 Å². The van der Waals surface area contributed by atoms with Gasteiger partial charge in [0.1, 0.15) is 11.6 Å². The summed E-state index contributed by atoms with van der Waals surface area (Å²) in [6.45, 7) is 2.96. The van der Waals surface area contributed by atoms with Crippen molar-refractivity contribution < 1.29 is 0 Å². The zero-order valence-corrected chi connectivity index (χ0v) is 10.9. The van der Waals surface area contributed by atoms with Gasteiger partial charge in [0.25, 0.3) is 0 Å². The molecule has 0 bridgehead atoms. The Bertz CT molecular complexity index is 497. The highest BCUT2D eigenvalue weighted by atomic mass is 35.5. The molecule has 0 spiro atoms. The molecule has 4 N–H and O–H groups in total. The molecule has 0 saturated heterocycles. The maximum Gasteiger partial charge on any atom is 0.128 e. The van der Waals surface area contributed by atoms with Gasteiger partial charge in [0, 0.05) is 24.2 Å². The van der Waals surface area contributed by atoms with Gasteiger partial charge in [-0.25, -0.2) is 9.97 Å². The number of anilines is 1. The van der Waals surface area contributed by atoms with E-state index in [4.69, 9.17) is 17.3 Å². The predicted molar refractivity (Wildman–Crippen MR) is 72.4 cm³/mol. The minimum atomic E-state index is -0.119. The first-order valence-corrected chi connectivity index (χ1v) is 6.23. The van der Waals surface area contributed by atoms with Gasteiger partial charge in [-0.05, 0) is 19.0 Å². The second-order valence-electron chi connectivity index (χ2n) is 3.99. The Balaban J connectivity index is 2.36. The van der Waals surface area contributed by atoms with Crippen molar-refractivity contribution in [3.63, 3.8) is 0 Å². The Morgan fingerprint density at radius 3 is 3.00 bits per heavy atom. The first-order chi connectivity index (χ1) is 8.72. The van der Waals surface area contributed by atoms with Crippen LogP contribution in [-0.2, 0) is 0 Å². The van der Waals surface area contributed by atoms with Crippen LogP contribution in [0, 0.1) is 0 Å². The summed E-state index contributed by atoms with van der Waals surface area (Å²) >= 11 is 5.98. The predicted octanol–water partition coefficient (Wildman–Crippen LogP) is 2.13. The van der Waals surface area contributed by atoms with E-state index in [1.165, 1.54) is 0 Å². The van der Waals surface area contributed by atoms with Crippen molar-refractivity contribution in [1.29, 1.82) is 0 Å². The van der Waals surface area contributed by atoms with Crippen LogP contribution < -0.4 is 11.1 Å². The summed E-state index contributed by atoms with van der Waals surface area (Å²) in [7, 11) is 0. The molecule has 2 aromatic heterocycles. The van der Waals surface area contributed by atoms with Crippen LogP contribution in [-0.4, -0.2) is 21.5 Å². The molecule has 0 amide bonds. The molecule has 2 heterocycles. The molecule has 0 aromatic carbocycles. The summed E-state index contributed by atoms with van der Waals surface area (Å²) in [5, 5.41) is 3.95. The first kappa shape index (κ1) is 12.9. The van der Waals surface area contributed by atoms with Gasteiger partial charge in [-0.3, -0.25) is 0 Å². The van der Waals surface area contributed by atoms with Crippen molar-refractivity contribution in [3.05, 3.63) is 41.1 Å². The van der Waals surface area contributed by atoms with E-state index >= 15 is 0 Å². The van der Waals surface area contributed by atoms with E-state index in [2.05, 4.69) is 27.2 Å². The third kappa shape index (κ3) is 2.80.